The molecular weight excluding hydrogens is 210 g/mol. The average Bonchev–Trinajstić information content (AvgIpc) is 2.70. The van der Waals surface area contributed by atoms with Crippen LogP contribution in [0.25, 0.3) is 0 Å². The highest BCUT2D eigenvalue weighted by molar-refractivity contribution is 6.28. The molecule has 1 aliphatic carbocycles. The maximum Gasteiger partial charge on any atom is 0.224 e. The summed E-state index contributed by atoms with van der Waals surface area (Å²) in [6.07, 6.45) is 7.16. The molecule has 0 saturated heterocycles. The number of hydrogen-bond donors (Lipinski definition) is 0. The molecule has 1 aromatic heterocycles. The summed E-state index contributed by atoms with van der Waals surface area (Å²) < 4.78 is 0. The second kappa shape index (κ2) is 4.79. The number of anilines is 1. The van der Waals surface area contributed by atoms with E-state index in [1.807, 2.05) is 6.07 Å². The molecule has 0 N–H and O–H groups in total. The van der Waals surface area contributed by atoms with E-state index in [0.717, 1.165) is 18.3 Å². The molecule has 1 fully saturated rings. The molecule has 1 aromatic rings. The Kier molecular flexibility index (Phi) is 3.41. The van der Waals surface area contributed by atoms with Crippen LogP contribution >= 0.6 is 11.6 Å². The van der Waals surface area contributed by atoms with E-state index in [2.05, 4.69) is 21.9 Å². The van der Waals surface area contributed by atoms with Gasteiger partial charge < -0.3 is 4.90 Å². The highest BCUT2D eigenvalue weighted by Gasteiger charge is 2.17. The van der Waals surface area contributed by atoms with Gasteiger partial charge >= 0.3 is 0 Å². The molecule has 0 unspecified atom stereocenters. The molecule has 0 aliphatic heterocycles. The summed E-state index contributed by atoms with van der Waals surface area (Å²) in [5.74, 6) is 1.74. The Hall–Kier alpha value is -0.830. The van der Waals surface area contributed by atoms with Gasteiger partial charge in [-0.2, -0.15) is 0 Å². The Morgan fingerprint density at radius 1 is 1.47 bits per heavy atom. The second-order valence-corrected chi connectivity index (χ2v) is 4.55. The van der Waals surface area contributed by atoms with Crippen molar-refractivity contribution in [1.82, 2.24) is 9.97 Å². The maximum atomic E-state index is 5.76. The fraction of sp³-hybridized carbons (Fsp3) is 0.636. The van der Waals surface area contributed by atoms with Gasteiger partial charge in [0, 0.05) is 19.8 Å². The molecule has 0 radical (unpaired) electrons. The lowest BCUT2D eigenvalue weighted by Crippen LogP contribution is -2.24. The molecule has 4 heteroatoms. The van der Waals surface area contributed by atoms with Crippen molar-refractivity contribution in [3.05, 3.63) is 17.5 Å². The normalized spacial score (nSPS) is 16.9. The quantitative estimate of drug-likeness (QED) is 0.741. The van der Waals surface area contributed by atoms with Gasteiger partial charge in [-0.05, 0) is 36.4 Å². The van der Waals surface area contributed by atoms with Crippen LogP contribution < -0.4 is 4.90 Å². The van der Waals surface area contributed by atoms with Crippen LogP contribution in [-0.2, 0) is 0 Å². The SMILES string of the molecule is CN(CC1CCCC1)c1ccnc(Cl)n1. The molecule has 1 aliphatic rings. The fourth-order valence-electron chi connectivity index (χ4n) is 2.21. The standard InChI is InChI=1S/C11H16ClN3/c1-15(8-9-4-2-3-5-9)10-6-7-13-11(12)14-10/h6-7,9H,2-5,8H2,1H3. The minimum absolute atomic E-state index is 0.325. The van der Waals surface area contributed by atoms with Gasteiger partial charge in [-0.1, -0.05) is 12.8 Å². The zero-order valence-corrected chi connectivity index (χ0v) is 9.74. The smallest absolute Gasteiger partial charge is 0.224 e. The van der Waals surface area contributed by atoms with Crippen molar-refractivity contribution in [2.45, 2.75) is 25.7 Å². The first-order chi connectivity index (χ1) is 7.25. The lowest BCUT2D eigenvalue weighted by Gasteiger charge is -2.21. The zero-order valence-electron chi connectivity index (χ0n) is 8.99. The first-order valence-corrected chi connectivity index (χ1v) is 5.83. The Bertz CT molecular complexity index is 323. The number of nitrogens with zero attached hydrogens (tertiary/aromatic N) is 3. The van der Waals surface area contributed by atoms with E-state index in [1.54, 1.807) is 6.20 Å². The van der Waals surface area contributed by atoms with Crippen molar-refractivity contribution in [2.75, 3.05) is 18.5 Å². The summed E-state index contributed by atoms with van der Waals surface area (Å²) in [5, 5.41) is 0.325. The summed E-state index contributed by atoms with van der Waals surface area (Å²) in [6.45, 7) is 1.08. The van der Waals surface area contributed by atoms with Crippen LogP contribution in [0.3, 0.4) is 0 Å². The predicted octanol–water partition coefficient (Wildman–Crippen LogP) is 2.76. The molecule has 1 saturated carbocycles. The number of hydrogen-bond acceptors (Lipinski definition) is 3. The van der Waals surface area contributed by atoms with Crippen LogP contribution in [0.2, 0.25) is 5.28 Å². The third-order valence-electron chi connectivity index (χ3n) is 3.01. The molecule has 0 atom stereocenters. The van der Waals surface area contributed by atoms with Crippen molar-refractivity contribution >= 4 is 17.4 Å². The van der Waals surface area contributed by atoms with Crippen LogP contribution in [-0.4, -0.2) is 23.6 Å². The van der Waals surface area contributed by atoms with Crippen molar-refractivity contribution in [3.63, 3.8) is 0 Å². The Labute approximate surface area is 95.5 Å². The number of halogens is 1. The average molecular weight is 226 g/mol. The lowest BCUT2D eigenvalue weighted by atomic mass is 10.1. The van der Waals surface area contributed by atoms with E-state index >= 15 is 0 Å². The lowest BCUT2D eigenvalue weighted by molar-refractivity contribution is 0.545. The van der Waals surface area contributed by atoms with Gasteiger partial charge in [0.2, 0.25) is 5.28 Å². The molecule has 0 amide bonds. The van der Waals surface area contributed by atoms with E-state index in [9.17, 15) is 0 Å². The molecule has 2 rings (SSSR count). The molecule has 1 heterocycles. The highest BCUT2D eigenvalue weighted by Crippen LogP contribution is 2.26. The van der Waals surface area contributed by atoms with Crippen LogP contribution in [0.1, 0.15) is 25.7 Å². The first-order valence-electron chi connectivity index (χ1n) is 5.45. The molecule has 15 heavy (non-hydrogen) atoms. The predicted molar refractivity (Wildman–Crippen MR) is 62.3 cm³/mol. The van der Waals surface area contributed by atoms with Gasteiger partial charge in [-0.25, -0.2) is 9.97 Å². The van der Waals surface area contributed by atoms with Crippen molar-refractivity contribution in [1.29, 1.82) is 0 Å². The Balaban J connectivity index is 1.97. The summed E-state index contributed by atoms with van der Waals surface area (Å²) in [6, 6.07) is 1.90. The van der Waals surface area contributed by atoms with Gasteiger partial charge in [0.15, 0.2) is 0 Å². The number of rotatable bonds is 3. The van der Waals surface area contributed by atoms with E-state index in [-0.39, 0.29) is 0 Å². The van der Waals surface area contributed by atoms with Gasteiger partial charge in [0.05, 0.1) is 0 Å². The topological polar surface area (TPSA) is 29.0 Å². The van der Waals surface area contributed by atoms with Crippen LogP contribution in [0.15, 0.2) is 12.3 Å². The van der Waals surface area contributed by atoms with Gasteiger partial charge in [0.25, 0.3) is 0 Å². The number of aromatic nitrogens is 2. The van der Waals surface area contributed by atoms with Crippen molar-refractivity contribution < 1.29 is 0 Å². The van der Waals surface area contributed by atoms with Crippen LogP contribution in [0.4, 0.5) is 5.82 Å². The monoisotopic (exact) mass is 225 g/mol. The first kappa shape index (κ1) is 10.7. The summed E-state index contributed by atoms with van der Waals surface area (Å²) in [7, 11) is 2.07. The van der Waals surface area contributed by atoms with Gasteiger partial charge in [-0.15, -0.1) is 0 Å². The molecule has 82 valence electrons. The van der Waals surface area contributed by atoms with Gasteiger partial charge in [0.1, 0.15) is 5.82 Å². The van der Waals surface area contributed by atoms with Crippen LogP contribution in [0, 0.1) is 5.92 Å². The van der Waals surface area contributed by atoms with Crippen LogP contribution in [0.5, 0.6) is 0 Å². The van der Waals surface area contributed by atoms with E-state index in [0.29, 0.717) is 5.28 Å². The minimum Gasteiger partial charge on any atom is -0.359 e. The molecule has 0 spiro atoms. The van der Waals surface area contributed by atoms with E-state index in [1.165, 1.54) is 25.7 Å². The molecular formula is C11H16ClN3. The largest absolute Gasteiger partial charge is 0.359 e. The summed E-state index contributed by atoms with van der Waals surface area (Å²) >= 11 is 5.76. The summed E-state index contributed by atoms with van der Waals surface area (Å²) in [5.41, 5.74) is 0. The fourth-order valence-corrected chi connectivity index (χ4v) is 2.36. The molecule has 0 aromatic carbocycles. The Morgan fingerprint density at radius 2 is 2.20 bits per heavy atom. The van der Waals surface area contributed by atoms with Crippen molar-refractivity contribution in [3.8, 4) is 0 Å². The van der Waals surface area contributed by atoms with Crippen molar-refractivity contribution in [2.24, 2.45) is 5.92 Å². The second-order valence-electron chi connectivity index (χ2n) is 4.21. The molecule has 0 bridgehead atoms. The summed E-state index contributed by atoms with van der Waals surface area (Å²) in [4.78, 5) is 10.2. The third kappa shape index (κ3) is 2.81. The Morgan fingerprint density at radius 3 is 2.87 bits per heavy atom. The zero-order chi connectivity index (χ0) is 10.7. The van der Waals surface area contributed by atoms with Gasteiger partial charge in [-0.3, -0.25) is 0 Å². The van der Waals surface area contributed by atoms with E-state index < -0.39 is 0 Å². The van der Waals surface area contributed by atoms with E-state index in [4.69, 9.17) is 11.6 Å². The third-order valence-corrected chi connectivity index (χ3v) is 3.19. The minimum atomic E-state index is 0.325. The molecule has 3 nitrogen and oxygen atoms in total. The maximum absolute atomic E-state index is 5.76. The highest BCUT2D eigenvalue weighted by atomic mass is 35.5.